The molecule has 0 aromatic carbocycles. The third-order valence-electron chi connectivity index (χ3n) is 2.76. The number of nitrogens with zero attached hydrogens (tertiary/aromatic N) is 2. The first-order valence-electron chi connectivity index (χ1n) is 5.45. The molecule has 1 saturated heterocycles. The minimum Gasteiger partial charge on any atom is -0.304 e. The number of carbonyl (C=O) groups excluding carboxylic acids is 1. The number of amides is 1. The van der Waals surface area contributed by atoms with Crippen molar-refractivity contribution in [1.82, 2.24) is 15.3 Å². The molecule has 1 fully saturated rings. The van der Waals surface area contributed by atoms with Crippen molar-refractivity contribution < 1.29 is 4.79 Å². The van der Waals surface area contributed by atoms with Crippen LogP contribution in [0.5, 0.6) is 0 Å². The standard InChI is InChI=1S/C11H17N3OS/c1-9-7-10(8-16-9)11(15)12-14-5-3-13(2)4-6-14/h7-8H,3-6H2,1-2H3,(H,12,15). The molecule has 1 aromatic rings. The molecule has 5 heteroatoms. The molecule has 0 bridgehead atoms. The number of thiophene rings is 1. The van der Waals surface area contributed by atoms with Crippen molar-refractivity contribution in [3.8, 4) is 0 Å². The highest BCUT2D eigenvalue weighted by molar-refractivity contribution is 7.10. The van der Waals surface area contributed by atoms with E-state index in [1.54, 1.807) is 11.3 Å². The zero-order chi connectivity index (χ0) is 11.5. The Balaban J connectivity index is 1.88. The van der Waals surface area contributed by atoms with Crippen LogP contribution in [0.1, 0.15) is 15.2 Å². The van der Waals surface area contributed by atoms with E-state index in [1.165, 1.54) is 4.88 Å². The van der Waals surface area contributed by atoms with Crippen LogP contribution >= 0.6 is 11.3 Å². The summed E-state index contributed by atoms with van der Waals surface area (Å²) in [6.45, 7) is 5.81. The second-order valence-electron chi connectivity index (χ2n) is 4.18. The van der Waals surface area contributed by atoms with Gasteiger partial charge in [-0.05, 0) is 20.0 Å². The van der Waals surface area contributed by atoms with Crippen LogP contribution < -0.4 is 5.43 Å². The van der Waals surface area contributed by atoms with Crippen molar-refractivity contribution in [2.45, 2.75) is 6.92 Å². The van der Waals surface area contributed by atoms with Crippen molar-refractivity contribution in [1.29, 1.82) is 0 Å². The normalized spacial score (nSPS) is 18.6. The Bertz CT molecular complexity index is 369. The van der Waals surface area contributed by atoms with Crippen LogP contribution in [0, 0.1) is 6.92 Å². The molecule has 0 spiro atoms. The van der Waals surface area contributed by atoms with Gasteiger partial charge >= 0.3 is 0 Å². The summed E-state index contributed by atoms with van der Waals surface area (Å²) in [6.07, 6.45) is 0. The summed E-state index contributed by atoms with van der Waals surface area (Å²) in [5, 5.41) is 3.90. The number of likely N-dealkylation sites (N-methyl/N-ethyl adjacent to an activating group) is 1. The Hall–Kier alpha value is -0.910. The Morgan fingerprint density at radius 3 is 2.62 bits per heavy atom. The summed E-state index contributed by atoms with van der Waals surface area (Å²) in [4.78, 5) is 15.3. The molecule has 1 N–H and O–H groups in total. The lowest BCUT2D eigenvalue weighted by molar-refractivity contribution is 0.0663. The molecule has 1 amide bonds. The number of hydrogen-bond donors (Lipinski definition) is 1. The van der Waals surface area contributed by atoms with Crippen LogP contribution in [0.15, 0.2) is 11.4 Å². The van der Waals surface area contributed by atoms with Gasteiger partial charge in [0.25, 0.3) is 5.91 Å². The van der Waals surface area contributed by atoms with E-state index in [4.69, 9.17) is 0 Å². The Morgan fingerprint density at radius 2 is 2.06 bits per heavy atom. The molecule has 1 aliphatic heterocycles. The number of piperazine rings is 1. The van der Waals surface area contributed by atoms with Crippen LogP contribution in [0.3, 0.4) is 0 Å². The van der Waals surface area contributed by atoms with Crippen LogP contribution in [-0.2, 0) is 0 Å². The van der Waals surface area contributed by atoms with E-state index >= 15 is 0 Å². The van der Waals surface area contributed by atoms with Crippen molar-refractivity contribution in [2.24, 2.45) is 0 Å². The van der Waals surface area contributed by atoms with Gasteiger partial charge in [0, 0.05) is 36.4 Å². The maximum Gasteiger partial charge on any atom is 0.266 e. The SMILES string of the molecule is Cc1cc(C(=O)NN2CCN(C)CC2)cs1. The fourth-order valence-electron chi connectivity index (χ4n) is 1.69. The first-order chi connectivity index (χ1) is 7.65. The van der Waals surface area contributed by atoms with Gasteiger partial charge in [0.05, 0.1) is 5.56 Å². The molecule has 1 aromatic heterocycles. The van der Waals surface area contributed by atoms with E-state index in [2.05, 4.69) is 17.4 Å². The first kappa shape index (κ1) is 11.6. The molecule has 0 saturated carbocycles. The second-order valence-corrected chi connectivity index (χ2v) is 5.29. The molecule has 0 radical (unpaired) electrons. The van der Waals surface area contributed by atoms with Gasteiger partial charge in [-0.15, -0.1) is 11.3 Å². The average molecular weight is 239 g/mol. The number of hydrogen-bond acceptors (Lipinski definition) is 4. The fourth-order valence-corrected chi connectivity index (χ4v) is 2.37. The molecular weight excluding hydrogens is 222 g/mol. The summed E-state index contributed by atoms with van der Waals surface area (Å²) in [5.41, 5.74) is 3.71. The number of rotatable bonds is 2. The molecule has 2 rings (SSSR count). The first-order valence-corrected chi connectivity index (χ1v) is 6.33. The summed E-state index contributed by atoms with van der Waals surface area (Å²) < 4.78 is 0. The van der Waals surface area contributed by atoms with Gasteiger partial charge in [0.1, 0.15) is 0 Å². The third kappa shape index (κ3) is 2.81. The number of carbonyl (C=O) groups is 1. The number of hydrazine groups is 1. The molecule has 0 unspecified atom stereocenters. The van der Waals surface area contributed by atoms with Crippen molar-refractivity contribution >= 4 is 17.2 Å². The molecule has 0 aliphatic carbocycles. The minimum absolute atomic E-state index is 0.00824. The predicted octanol–water partition coefficient (Wildman–Crippen LogP) is 0.949. The maximum atomic E-state index is 11.8. The minimum atomic E-state index is 0.00824. The molecule has 4 nitrogen and oxygen atoms in total. The molecule has 0 atom stereocenters. The van der Waals surface area contributed by atoms with Crippen molar-refractivity contribution in [2.75, 3.05) is 33.2 Å². The van der Waals surface area contributed by atoms with Gasteiger partial charge in [-0.3, -0.25) is 10.2 Å². The smallest absolute Gasteiger partial charge is 0.266 e. The van der Waals surface area contributed by atoms with E-state index in [-0.39, 0.29) is 5.91 Å². The Labute approximate surface area is 99.8 Å². The topological polar surface area (TPSA) is 35.6 Å². The quantitative estimate of drug-likeness (QED) is 0.834. The van der Waals surface area contributed by atoms with Gasteiger partial charge < -0.3 is 4.90 Å². The van der Waals surface area contributed by atoms with Gasteiger partial charge in [-0.1, -0.05) is 0 Å². The van der Waals surface area contributed by atoms with E-state index in [1.807, 2.05) is 23.4 Å². The van der Waals surface area contributed by atoms with Crippen molar-refractivity contribution in [3.63, 3.8) is 0 Å². The zero-order valence-corrected chi connectivity index (χ0v) is 10.5. The van der Waals surface area contributed by atoms with Crippen LogP contribution in [0.4, 0.5) is 0 Å². The Kier molecular flexibility index (Phi) is 3.58. The van der Waals surface area contributed by atoms with Crippen molar-refractivity contribution in [3.05, 3.63) is 21.9 Å². The van der Waals surface area contributed by atoms with Gasteiger partial charge in [-0.2, -0.15) is 0 Å². The second kappa shape index (κ2) is 4.95. The summed E-state index contributed by atoms with van der Waals surface area (Å²) in [7, 11) is 2.10. The predicted molar refractivity (Wildman–Crippen MR) is 65.6 cm³/mol. The van der Waals surface area contributed by atoms with Crippen LogP contribution in [0.2, 0.25) is 0 Å². The fraction of sp³-hybridized carbons (Fsp3) is 0.545. The van der Waals surface area contributed by atoms with Crippen LogP contribution in [-0.4, -0.2) is 49.0 Å². The highest BCUT2D eigenvalue weighted by Crippen LogP contribution is 2.12. The van der Waals surface area contributed by atoms with E-state index in [9.17, 15) is 4.79 Å². The van der Waals surface area contributed by atoms with E-state index in [0.29, 0.717) is 0 Å². The van der Waals surface area contributed by atoms with Gasteiger partial charge in [-0.25, -0.2) is 5.01 Å². The van der Waals surface area contributed by atoms with Crippen LogP contribution in [0.25, 0.3) is 0 Å². The number of aryl methyl sites for hydroxylation is 1. The zero-order valence-electron chi connectivity index (χ0n) is 9.69. The highest BCUT2D eigenvalue weighted by Gasteiger charge is 2.16. The van der Waals surface area contributed by atoms with E-state index in [0.717, 1.165) is 31.7 Å². The molecule has 1 aliphatic rings. The molecule has 88 valence electrons. The number of nitrogens with one attached hydrogen (secondary N) is 1. The maximum absolute atomic E-state index is 11.8. The van der Waals surface area contributed by atoms with Gasteiger partial charge in [0.15, 0.2) is 0 Å². The summed E-state index contributed by atoms with van der Waals surface area (Å²) in [6, 6.07) is 1.93. The summed E-state index contributed by atoms with van der Waals surface area (Å²) >= 11 is 1.61. The largest absolute Gasteiger partial charge is 0.304 e. The molecule has 16 heavy (non-hydrogen) atoms. The average Bonchev–Trinajstić information content (AvgIpc) is 2.68. The monoisotopic (exact) mass is 239 g/mol. The van der Waals surface area contributed by atoms with E-state index < -0.39 is 0 Å². The van der Waals surface area contributed by atoms with Gasteiger partial charge in [0.2, 0.25) is 0 Å². The summed E-state index contributed by atoms with van der Waals surface area (Å²) in [5.74, 6) is 0.00824. The third-order valence-corrected chi connectivity index (χ3v) is 3.62. The molecule has 2 heterocycles. The lowest BCUT2D eigenvalue weighted by atomic mass is 10.3. The molecular formula is C11H17N3OS. The Morgan fingerprint density at radius 1 is 1.38 bits per heavy atom. The highest BCUT2D eigenvalue weighted by atomic mass is 32.1. The lowest BCUT2D eigenvalue weighted by Gasteiger charge is -2.32. The lowest BCUT2D eigenvalue weighted by Crippen LogP contribution is -2.52.